The molecule has 0 aliphatic carbocycles. The molecule has 0 unspecified atom stereocenters. The SMILES string of the molecule is C=CCCCC=CCOC(OCC=CCCCC=C)OCC=CCCCC=C. The summed E-state index contributed by atoms with van der Waals surface area (Å²) in [7, 11) is 0. The van der Waals surface area contributed by atoms with Crippen LogP contribution in [0.1, 0.15) is 57.8 Å². The van der Waals surface area contributed by atoms with Crippen LogP contribution in [0.2, 0.25) is 0 Å². The van der Waals surface area contributed by atoms with Gasteiger partial charge >= 0.3 is 0 Å². The first-order valence-corrected chi connectivity index (χ1v) is 10.5. The van der Waals surface area contributed by atoms with E-state index in [1.165, 1.54) is 0 Å². The summed E-state index contributed by atoms with van der Waals surface area (Å²) >= 11 is 0. The molecule has 0 aliphatic heterocycles. The predicted octanol–water partition coefficient (Wildman–Crippen LogP) is 7.06. The number of hydrogen-bond acceptors (Lipinski definition) is 3. The number of hydrogen-bond donors (Lipinski definition) is 0. The number of ether oxygens (including phenoxy) is 3. The van der Waals surface area contributed by atoms with Crippen LogP contribution in [0, 0.1) is 0 Å². The highest BCUT2D eigenvalue weighted by atomic mass is 16.8. The Morgan fingerprint density at radius 1 is 0.464 bits per heavy atom. The molecule has 0 aromatic carbocycles. The summed E-state index contributed by atoms with van der Waals surface area (Å²) in [6.45, 7) is 12.0. The van der Waals surface area contributed by atoms with E-state index in [1.54, 1.807) is 0 Å². The van der Waals surface area contributed by atoms with Crippen LogP contribution >= 0.6 is 0 Å². The maximum atomic E-state index is 5.69. The summed E-state index contributed by atoms with van der Waals surface area (Å²) in [4.78, 5) is 0. The van der Waals surface area contributed by atoms with Crippen LogP contribution < -0.4 is 0 Å². The Morgan fingerprint density at radius 2 is 0.786 bits per heavy atom. The first kappa shape index (κ1) is 26.3. The molecule has 0 rings (SSSR count). The molecule has 3 heteroatoms. The van der Waals surface area contributed by atoms with Crippen LogP contribution in [0.4, 0.5) is 0 Å². The smallest absolute Gasteiger partial charge is 0.272 e. The molecule has 0 saturated heterocycles. The van der Waals surface area contributed by atoms with Crippen LogP contribution in [-0.2, 0) is 14.2 Å². The van der Waals surface area contributed by atoms with Gasteiger partial charge in [-0.1, -0.05) is 54.7 Å². The van der Waals surface area contributed by atoms with E-state index < -0.39 is 6.48 Å². The van der Waals surface area contributed by atoms with Crippen LogP contribution in [-0.4, -0.2) is 26.3 Å². The minimum Gasteiger partial charge on any atom is -0.326 e. The minimum absolute atomic E-state index is 0.477. The molecular weight excluding hydrogens is 348 g/mol. The van der Waals surface area contributed by atoms with E-state index in [-0.39, 0.29) is 0 Å². The maximum absolute atomic E-state index is 5.69. The second-order valence-corrected chi connectivity index (χ2v) is 6.36. The van der Waals surface area contributed by atoms with Crippen molar-refractivity contribution >= 4 is 0 Å². The molecular formula is C25H40O3. The standard InChI is InChI=1S/C25H40O3/c1-4-7-10-13-16-19-22-26-25(27-23-20-17-14-11-8-5-2)28-24-21-18-15-12-9-6-3/h4-6,16-21,25H,1-3,7-15,22-24H2. The Morgan fingerprint density at radius 3 is 1.07 bits per heavy atom. The molecule has 0 amide bonds. The maximum Gasteiger partial charge on any atom is 0.272 e. The van der Waals surface area contributed by atoms with Crippen LogP contribution in [0.5, 0.6) is 0 Å². The van der Waals surface area contributed by atoms with Crippen molar-refractivity contribution in [3.63, 3.8) is 0 Å². The van der Waals surface area contributed by atoms with Gasteiger partial charge in [-0.05, 0) is 57.8 Å². The van der Waals surface area contributed by atoms with Gasteiger partial charge in [-0.15, -0.1) is 19.7 Å². The zero-order chi connectivity index (χ0) is 20.5. The molecule has 0 aromatic rings. The molecule has 0 radical (unpaired) electrons. The van der Waals surface area contributed by atoms with E-state index in [2.05, 4.69) is 38.0 Å². The molecule has 0 aliphatic rings. The molecule has 0 heterocycles. The van der Waals surface area contributed by atoms with Gasteiger partial charge < -0.3 is 14.2 Å². The van der Waals surface area contributed by atoms with Crippen LogP contribution in [0.3, 0.4) is 0 Å². The minimum atomic E-state index is -0.659. The third-order valence-electron chi connectivity index (χ3n) is 3.82. The third-order valence-corrected chi connectivity index (χ3v) is 3.82. The average Bonchev–Trinajstić information content (AvgIpc) is 2.71. The quantitative estimate of drug-likeness (QED) is 0.120. The largest absolute Gasteiger partial charge is 0.326 e. The molecule has 28 heavy (non-hydrogen) atoms. The van der Waals surface area contributed by atoms with Crippen molar-refractivity contribution in [2.75, 3.05) is 19.8 Å². The third kappa shape index (κ3) is 20.6. The van der Waals surface area contributed by atoms with Crippen molar-refractivity contribution in [1.82, 2.24) is 0 Å². The Hall–Kier alpha value is -1.68. The Balaban J connectivity index is 4.12. The molecule has 0 fully saturated rings. The van der Waals surface area contributed by atoms with E-state index in [0.29, 0.717) is 19.8 Å². The Labute approximate surface area is 173 Å². The fourth-order valence-electron chi connectivity index (χ4n) is 2.24. The molecule has 0 spiro atoms. The van der Waals surface area contributed by atoms with Crippen molar-refractivity contribution in [3.8, 4) is 0 Å². The van der Waals surface area contributed by atoms with E-state index >= 15 is 0 Å². The first-order chi connectivity index (χ1) is 13.8. The summed E-state index contributed by atoms with van der Waals surface area (Å²) < 4.78 is 17.1. The topological polar surface area (TPSA) is 27.7 Å². The van der Waals surface area contributed by atoms with Crippen molar-refractivity contribution in [1.29, 1.82) is 0 Å². The van der Waals surface area contributed by atoms with Crippen molar-refractivity contribution in [2.24, 2.45) is 0 Å². The van der Waals surface area contributed by atoms with Gasteiger partial charge in [0.2, 0.25) is 0 Å². The van der Waals surface area contributed by atoms with Gasteiger partial charge in [0, 0.05) is 0 Å². The highest BCUT2D eigenvalue weighted by molar-refractivity contribution is 4.84. The fourth-order valence-corrected chi connectivity index (χ4v) is 2.24. The van der Waals surface area contributed by atoms with Crippen molar-refractivity contribution < 1.29 is 14.2 Å². The van der Waals surface area contributed by atoms with Gasteiger partial charge in [0.25, 0.3) is 6.48 Å². The zero-order valence-electron chi connectivity index (χ0n) is 17.6. The summed E-state index contributed by atoms with van der Waals surface area (Å²) in [5, 5.41) is 0. The van der Waals surface area contributed by atoms with E-state index in [9.17, 15) is 0 Å². The highest BCUT2D eigenvalue weighted by Crippen LogP contribution is 2.03. The molecule has 158 valence electrons. The lowest BCUT2D eigenvalue weighted by Gasteiger charge is -2.16. The average molecular weight is 389 g/mol. The van der Waals surface area contributed by atoms with Crippen molar-refractivity contribution in [2.45, 2.75) is 64.3 Å². The van der Waals surface area contributed by atoms with Gasteiger partial charge in [-0.25, -0.2) is 0 Å². The molecule has 0 aromatic heterocycles. The lowest BCUT2D eigenvalue weighted by molar-refractivity contribution is -0.275. The van der Waals surface area contributed by atoms with Gasteiger partial charge in [-0.2, -0.15) is 0 Å². The second kappa shape index (κ2) is 23.4. The van der Waals surface area contributed by atoms with Crippen LogP contribution in [0.15, 0.2) is 74.4 Å². The molecule has 0 saturated carbocycles. The number of allylic oxidation sites excluding steroid dienone is 6. The molecule has 0 bridgehead atoms. The van der Waals surface area contributed by atoms with Gasteiger partial charge in [-0.3, -0.25) is 0 Å². The van der Waals surface area contributed by atoms with Crippen LogP contribution in [0.25, 0.3) is 0 Å². The van der Waals surface area contributed by atoms with E-state index in [4.69, 9.17) is 14.2 Å². The van der Waals surface area contributed by atoms with Gasteiger partial charge in [0.15, 0.2) is 0 Å². The fraction of sp³-hybridized carbons (Fsp3) is 0.520. The predicted molar refractivity (Wildman–Crippen MR) is 121 cm³/mol. The van der Waals surface area contributed by atoms with Gasteiger partial charge in [0.05, 0.1) is 19.8 Å². The molecule has 3 nitrogen and oxygen atoms in total. The monoisotopic (exact) mass is 388 g/mol. The summed E-state index contributed by atoms with van der Waals surface area (Å²) in [5.74, 6) is 0. The zero-order valence-corrected chi connectivity index (χ0v) is 17.6. The van der Waals surface area contributed by atoms with Crippen molar-refractivity contribution in [3.05, 3.63) is 74.4 Å². The Kier molecular flexibility index (Phi) is 22.0. The van der Waals surface area contributed by atoms with Gasteiger partial charge in [0.1, 0.15) is 0 Å². The number of unbranched alkanes of at least 4 members (excludes halogenated alkanes) is 6. The van der Waals surface area contributed by atoms with E-state index in [1.807, 2.05) is 36.5 Å². The summed E-state index contributed by atoms with van der Waals surface area (Å²) in [6, 6.07) is 0. The first-order valence-electron chi connectivity index (χ1n) is 10.5. The summed E-state index contributed by atoms with van der Waals surface area (Å²) in [6.07, 6.45) is 27.8. The highest BCUT2D eigenvalue weighted by Gasteiger charge is 2.07. The molecule has 0 atom stereocenters. The molecule has 0 N–H and O–H groups in total. The normalized spacial score (nSPS) is 12.9. The Bertz CT molecular complexity index is 382. The van der Waals surface area contributed by atoms with E-state index in [0.717, 1.165) is 57.8 Å². The lowest BCUT2D eigenvalue weighted by atomic mass is 10.2. The lowest BCUT2D eigenvalue weighted by Crippen LogP contribution is -2.21. The summed E-state index contributed by atoms with van der Waals surface area (Å²) in [5.41, 5.74) is 0. The number of rotatable bonds is 21. The second-order valence-electron chi connectivity index (χ2n) is 6.36.